The van der Waals surface area contributed by atoms with Crippen molar-refractivity contribution in [1.29, 1.82) is 0 Å². The summed E-state index contributed by atoms with van der Waals surface area (Å²) in [5.41, 5.74) is 2.78. The van der Waals surface area contributed by atoms with E-state index in [1.165, 1.54) is 0 Å². The maximum Gasteiger partial charge on any atom is 0.252 e. The number of carbonyl (C=O) groups is 1. The number of aromatic nitrogens is 2. The van der Waals surface area contributed by atoms with E-state index in [0.717, 1.165) is 22.3 Å². The van der Waals surface area contributed by atoms with Crippen molar-refractivity contribution in [2.24, 2.45) is 0 Å². The van der Waals surface area contributed by atoms with Crippen molar-refractivity contribution in [3.8, 4) is 0 Å². The largest absolute Gasteiger partial charge is 0.348 e. The van der Waals surface area contributed by atoms with Crippen molar-refractivity contribution in [3.63, 3.8) is 0 Å². The number of nitrogens with one attached hydrogen (secondary N) is 1. The average Bonchev–Trinajstić information content (AvgIpc) is 2.77. The van der Waals surface area contributed by atoms with Crippen LogP contribution in [0.15, 0.2) is 34.9 Å². The van der Waals surface area contributed by atoms with Gasteiger partial charge in [-0.2, -0.15) is 5.10 Å². The van der Waals surface area contributed by atoms with Gasteiger partial charge >= 0.3 is 0 Å². The van der Waals surface area contributed by atoms with Gasteiger partial charge < -0.3 is 5.32 Å². The quantitative estimate of drug-likeness (QED) is 0.941. The molecule has 1 aromatic carbocycles. The normalized spacial score (nSPS) is 10.5. The molecule has 1 heterocycles. The number of aryl methyl sites for hydroxylation is 1. The Morgan fingerprint density at radius 3 is 2.79 bits per heavy atom. The number of nitrogens with zero attached hydrogens (tertiary/aromatic N) is 2. The van der Waals surface area contributed by atoms with Crippen LogP contribution >= 0.6 is 15.9 Å². The highest BCUT2D eigenvalue weighted by molar-refractivity contribution is 9.10. The zero-order valence-electron chi connectivity index (χ0n) is 11.0. The van der Waals surface area contributed by atoms with Crippen LogP contribution in [0.25, 0.3) is 0 Å². The molecule has 2 rings (SSSR count). The van der Waals surface area contributed by atoms with Gasteiger partial charge in [-0.1, -0.05) is 12.1 Å². The number of hydrogen-bond acceptors (Lipinski definition) is 2. The van der Waals surface area contributed by atoms with E-state index in [4.69, 9.17) is 0 Å². The lowest BCUT2D eigenvalue weighted by atomic mass is 10.2. The minimum Gasteiger partial charge on any atom is -0.348 e. The fourth-order valence-corrected chi connectivity index (χ4v) is 2.36. The molecule has 1 aromatic heterocycles. The number of rotatable bonds is 4. The number of halogens is 1. The van der Waals surface area contributed by atoms with Crippen molar-refractivity contribution < 1.29 is 4.79 Å². The van der Waals surface area contributed by atoms with Gasteiger partial charge in [0, 0.05) is 28.8 Å². The summed E-state index contributed by atoms with van der Waals surface area (Å²) in [5.74, 6) is -0.0869. The molecular weight excluding hydrogens is 306 g/mol. The van der Waals surface area contributed by atoms with Crippen molar-refractivity contribution in [1.82, 2.24) is 15.1 Å². The first-order valence-corrected chi connectivity index (χ1v) is 6.96. The van der Waals surface area contributed by atoms with Gasteiger partial charge in [0.25, 0.3) is 5.91 Å². The van der Waals surface area contributed by atoms with Gasteiger partial charge in [0.1, 0.15) is 0 Å². The van der Waals surface area contributed by atoms with Crippen molar-refractivity contribution >= 4 is 21.8 Å². The lowest BCUT2D eigenvalue weighted by Gasteiger charge is -2.07. The maximum absolute atomic E-state index is 12.1. The van der Waals surface area contributed by atoms with Gasteiger partial charge in [-0.05, 0) is 41.9 Å². The van der Waals surface area contributed by atoms with Crippen LogP contribution in [0, 0.1) is 6.92 Å². The van der Waals surface area contributed by atoms with E-state index in [2.05, 4.69) is 26.3 Å². The Balaban J connectivity index is 2.05. The molecule has 0 aliphatic heterocycles. The lowest BCUT2D eigenvalue weighted by Crippen LogP contribution is -2.23. The second-order valence-corrected chi connectivity index (χ2v) is 5.09. The van der Waals surface area contributed by atoms with E-state index in [1.54, 1.807) is 12.3 Å². The van der Waals surface area contributed by atoms with Crippen molar-refractivity contribution in [2.75, 3.05) is 0 Å². The fraction of sp³-hybridized carbons (Fsp3) is 0.286. The third-order valence-corrected chi connectivity index (χ3v) is 3.75. The Kier molecular flexibility index (Phi) is 4.37. The topological polar surface area (TPSA) is 46.9 Å². The molecule has 0 radical (unpaired) electrons. The van der Waals surface area contributed by atoms with Crippen LogP contribution in [0.3, 0.4) is 0 Å². The van der Waals surface area contributed by atoms with E-state index in [9.17, 15) is 4.79 Å². The standard InChI is InChI=1S/C14H16BrN3O/c1-3-18-10(2)11(9-17-18)8-16-14(19)12-6-4-5-7-13(12)15/h4-7,9H,3,8H2,1-2H3,(H,16,19). The first kappa shape index (κ1) is 13.8. The SMILES string of the molecule is CCn1ncc(CNC(=O)c2ccccc2Br)c1C. The number of benzene rings is 1. The summed E-state index contributed by atoms with van der Waals surface area (Å²) >= 11 is 3.38. The summed E-state index contributed by atoms with van der Waals surface area (Å²) in [7, 11) is 0. The summed E-state index contributed by atoms with van der Waals surface area (Å²) in [4.78, 5) is 12.1. The molecule has 0 aliphatic rings. The second kappa shape index (κ2) is 6.02. The van der Waals surface area contributed by atoms with Crippen molar-refractivity contribution in [2.45, 2.75) is 26.9 Å². The van der Waals surface area contributed by atoms with Gasteiger partial charge in [0.15, 0.2) is 0 Å². The molecule has 19 heavy (non-hydrogen) atoms. The van der Waals surface area contributed by atoms with E-state index in [-0.39, 0.29) is 5.91 Å². The summed E-state index contributed by atoms with van der Waals surface area (Å²) in [6.07, 6.45) is 1.80. The average molecular weight is 322 g/mol. The van der Waals surface area contributed by atoms with Crippen molar-refractivity contribution in [3.05, 3.63) is 51.8 Å². The number of carbonyl (C=O) groups excluding carboxylic acids is 1. The maximum atomic E-state index is 12.1. The first-order valence-electron chi connectivity index (χ1n) is 6.17. The van der Waals surface area contributed by atoms with Crippen LogP contribution in [-0.2, 0) is 13.1 Å². The summed E-state index contributed by atoms with van der Waals surface area (Å²) in [5, 5.41) is 7.17. The van der Waals surface area contributed by atoms with Gasteiger partial charge in [-0.15, -0.1) is 0 Å². The van der Waals surface area contributed by atoms with E-state index < -0.39 is 0 Å². The number of hydrogen-bond donors (Lipinski definition) is 1. The van der Waals surface area contributed by atoms with Crippen LogP contribution < -0.4 is 5.32 Å². The van der Waals surface area contributed by atoms with E-state index >= 15 is 0 Å². The molecule has 1 N–H and O–H groups in total. The molecule has 0 fully saturated rings. The molecular formula is C14H16BrN3O. The van der Waals surface area contributed by atoms with Gasteiger partial charge in [-0.3, -0.25) is 9.48 Å². The van der Waals surface area contributed by atoms with Crippen LogP contribution in [0.5, 0.6) is 0 Å². The highest BCUT2D eigenvalue weighted by Crippen LogP contribution is 2.16. The minimum atomic E-state index is -0.0869. The Morgan fingerprint density at radius 2 is 2.16 bits per heavy atom. The summed E-state index contributed by atoms with van der Waals surface area (Å²) < 4.78 is 2.72. The van der Waals surface area contributed by atoms with E-state index in [1.807, 2.05) is 36.7 Å². The molecule has 0 saturated heterocycles. The van der Waals surface area contributed by atoms with Crippen LogP contribution in [0.1, 0.15) is 28.5 Å². The highest BCUT2D eigenvalue weighted by Gasteiger charge is 2.10. The third-order valence-electron chi connectivity index (χ3n) is 3.06. The molecule has 0 saturated carbocycles. The third kappa shape index (κ3) is 3.04. The molecule has 100 valence electrons. The fourth-order valence-electron chi connectivity index (χ4n) is 1.89. The van der Waals surface area contributed by atoms with Crippen LogP contribution in [0.2, 0.25) is 0 Å². The molecule has 5 heteroatoms. The van der Waals surface area contributed by atoms with Gasteiger partial charge in [0.05, 0.1) is 11.8 Å². The van der Waals surface area contributed by atoms with Crippen LogP contribution in [0.4, 0.5) is 0 Å². The Hall–Kier alpha value is -1.62. The van der Waals surface area contributed by atoms with Crippen LogP contribution in [-0.4, -0.2) is 15.7 Å². The molecule has 1 amide bonds. The number of amides is 1. The molecule has 0 spiro atoms. The minimum absolute atomic E-state index is 0.0869. The molecule has 0 atom stereocenters. The molecule has 0 unspecified atom stereocenters. The lowest BCUT2D eigenvalue weighted by molar-refractivity contribution is 0.0950. The van der Waals surface area contributed by atoms with Gasteiger partial charge in [0.2, 0.25) is 0 Å². The first-order chi connectivity index (χ1) is 9.13. The monoisotopic (exact) mass is 321 g/mol. The molecule has 0 aliphatic carbocycles. The van der Waals surface area contributed by atoms with Gasteiger partial charge in [-0.25, -0.2) is 0 Å². The predicted molar refractivity (Wildman–Crippen MR) is 78.0 cm³/mol. The zero-order valence-corrected chi connectivity index (χ0v) is 12.6. The molecule has 4 nitrogen and oxygen atoms in total. The zero-order chi connectivity index (χ0) is 13.8. The Bertz CT molecular complexity index is 592. The summed E-state index contributed by atoms with van der Waals surface area (Å²) in [6, 6.07) is 7.38. The summed E-state index contributed by atoms with van der Waals surface area (Å²) in [6.45, 7) is 5.38. The Morgan fingerprint density at radius 1 is 1.42 bits per heavy atom. The molecule has 2 aromatic rings. The second-order valence-electron chi connectivity index (χ2n) is 4.23. The predicted octanol–water partition coefficient (Wildman–Crippen LogP) is 2.90. The van der Waals surface area contributed by atoms with E-state index in [0.29, 0.717) is 12.1 Å². The Labute approximate surface area is 120 Å². The smallest absolute Gasteiger partial charge is 0.252 e. The molecule has 0 bridgehead atoms. The highest BCUT2D eigenvalue weighted by atomic mass is 79.9.